The van der Waals surface area contributed by atoms with Gasteiger partial charge in [0.15, 0.2) is 0 Å². The molecule has 2 rings (SSSR count). The van der Waals surface area contributed by atoms with Crippen molar-refractivity contribution in [2.24, 2.45) is 0 Å². The Kier molecular flexibility index (Phi) is 6.12. The van der Waals surface area contributed by atoms with Gasteiger partial charge in [-0.3, -0.25) is 0 Å². The number of aryl methyl sites for hydroxylation is 1. The van der Waals surface area contributed by atoms with Gasteiger partial charge in [-0.2, -0.15) is 0 Å². The molecular formula is C16H26N4O2. The van der Waals surface area contributed by atoms with Crippen molar-refractivity contribution < 1.29 is 9.90 Å². The van der Waals surface area contributed by atoms with E-state index in [1.54, 1.807) is 24.2 Å². The number of carbonyl (C=O) groups excluding carboxylic acids is 1. The van der Waals surface area contributed by atoms with Crippen LogP contribution in [0.5, 0.6) is 0 Å². The zero-order chi connectivity index (χ0) is 15.9. The van der Waals surface area contributed by atoms with E-state index in [0.717, 1.165) is 37.9 Å². The summed E-state index contributed by atoms with van der Waals surface area (Å²) in [4.78, 5) is 22.7. The van der Waals surface area contributed by atoms with Crippen LogP contribution in [0.4, 0.5) is 10.5 Å². The lowest BCUT2D eigenvalue weighted by molar-refractivity contribution is 0.105. The van der Waals surface area contributed by atoms with Crippen LogP contribution in [-0.2, 0) is 6.42 Å². The first kappa shape index (κ1) is 16.7. The molecule has 1 aliphatic rings. The number of nitrogens with one attached hydrogen (secondary N) is 1. The molecule has 1 aliphatic carbocycles. The predicted octanol–water partition coefficient (Wildman–Crippen LogP) is 2.59. The Hall–Kier alpha value is -1.69. The molecule has 2 amide bonds. The average molecular weight is 306 g/mol. The third kappa shape index (κ3) is 4.66. The van der Waals surface area contributed by atoms with Crippen LogP contribution in [0, 0.1) is 0 Å². The number of anilines is 1. The van der Waals surface area contributed by atoms with Crippen molar-refractivity contribution in [2.75, 3.05) is 11.9 Å². The third-order valence-corrected chi connectivity index (χ3v) is 4.01. The van der Waals surface area contributed by atoms with E-state index < -0.39 is 6.10 Å². The zero-order valence-corrected chi connectivity index (χ0v) is 13.5. The molecule has 0 aliphatic heterocycles. The maximum absolute atomic E-state index is 12.6. The molecule has 1 aromatic heterocycles. The topological polar surface area (TPSA) is 78.4 Å². The van der Waals surface area contributed by atoms with Crippen LogP contribution in [0.2, 0.25) is 0 Å². The number of carbonyl (C=O) groups is 1. The van der Waals surface area contributed by atoms with E-state index in [4.69, 9.17) is 0 Å². The van der Waals surface area contributed by atoms with Crippen molar-refractivity contribution >= 4 is 11.7 Å². The van der Waals surface area contributed by atoms with Crippen LogP contribution in [-0.4, -0.2) is 44.7 Å². The van der Waals surface area contributed by atoms with Gasteiger partial charge in [0.2, 0.25) is 0 Å². The summed E-state index contributed by atoms with van der Waals surface area (Å²) in [6.07, 6.45) is 9.02. The van der Waals surface area contributed by atoms with Gasteiger partial charge in [0.1, 0.15) is 5.82 Å². The summed E-state index contributed by atoms with van der Waals surface area (Å²) >= 11 is 0. The van der Waals surface area contributed by atoms with Crippen LogP contribution in [0.1, 0.15) is 51.8 Å². The molecule has 0 aromatic carbocycles. The summed E-state index contributed by atoms with van der Waals surface area (Å²) in [5.41, 5.74) is 0.591. The highest BCUT2D eigenvalue weighted by atomic mass is 16.3. The van der Waals surface area contributed by atoms with Crippen LogP contribution in [0.3, 0.4) is 0 Å². The Bertz CT molecular complexity index is 470. The van der Waals surface area contributed by atoms with Crippen LogP contribution < -0.4 is 5.32 Å². The molecule has 0 saturated heterocycles. The Morgan fingerprint density at radius 1 is 1.36 bits per heavy atom. The van der Waals surface area contributed by atoms with E-state index in [2.05, 4.69) is 15.3 Å². The maximum Gasteiger partial charge on any atom is 0.322 e. The normalized spacial score (nSPS) is 17.0. The van der Waals surface area contributed by atoms with Crippen molar-refractivity contribution in [1.82, 2.24) is 14.9 Å². The van der Waals surface area contributed by atoms with E-state index in [-0.39, 0.29) is 12.1 Å². The number of hydrogen-bond donors (Lipinski definition) is 2. The highest BCUT2D eigenvalue weighted by Crippen LogP contribution is 2.23. The SMILES string of the molecule is CCc1ncc(NC(=O)N(C[C@H](C)O)C2CCCCC2)cn1. The molecule has 1 atom stereocenters. The van der Waals surface area contributed by atoms with Crippen molar-refractivity contribution in [2.45, 2.75) is 64.5 Å². The Morgan fingerprint density at radius 3 is 2.55 bits per heavy atom. The number of aromatic nitrogens is 2. The molecule has 1 saturated carbocycles. The molecule has 0 bridgehead atoms. The van der Waals surface area contributed by atoms with Crippen molar-refractivity contribution in [3.05, 3.63) is 18.2 Å². The largest absolute Gasteiger partial charge is 0.392 e. The smallest absolute Gasteiger partial charge is 0.322 e. The number of rotatable bonds is 5. The third-order valence-electron chi connectivity index (χ3n) is 4.01. The standard InChI is InChI=1S/C16H26N4O2/c1-3-15-17-9-13(10-18-15)19-16(22)20(11-12(2)21)14-7-5-4-6-8-14/h9-10,12,14,21H,3-8,11H2,1-2H3,(H,19,22)/t12-/m0/s1. The first-order chi connectivity index (χ1) is 10.6. The van der Waals surface area contributed by atoms with Crippen molar-refractivity contribution in [3.63, 3.8) is 0 Å². The summed E-state index contributed by atoms with van der Waals surface area (Å²) in [5, 5.41) is 12.5. The highest BCUT2D eigenvalue weighted by molar-refractivity contribution is 5.89. The summed E-state index contributed by atoms with van der Waals surface area (Å²) < 4.78 is 0. The van der Waals surface area contributed by atoms with E-state index in [1.165, 1.54) is 6.42 Å². The minimum atomic E-state index is -0.536. The summed E-state index contributed by atoms with van der Waals surface area (Å²) in [6, 6.07) is 0.0276. The van der Waals surface area contributed by atoms with Gasteiger partial charge in [-0.05, 0) is 19.8 Å². The van der Waals surface area contributed by atoms with E-state index >= 15 is 0 Å². The quantitative estimate of drug-likeness (QED) is 0.876. The van der Waals surface area contributed by atoms with E-state index in [1.807, 2.05) is 6.92 Å². The van der Waals surface area contributed by atoms with Gasteiger partial charge < -0.3 is 15.3 Å². The molecule has 2 N–H and O–H groups in total. The number of amides is 2. The lowest BCUT2D eigenvalue weighted by atomic mass is 9.94. The molecule has 0 spiro atoms. The van der Waals surface area contributed by atoms with Crippen LogP contribution >= 0.6 is 0 Å². The molecule has 0 radical (unpaired) electrons. The van der Waals surface area contributed by atoms with Crippen LogP contribution in [0.15, 0.2) is 12.4 Å². The Labute approximate surface area is 132 Å². The number of aliphatic hydroxyl groups is 1. The first-order valence-corrected chi connectivity index (χ1v) is 8.16. The predicted molar refractivity (Wildman–Crippen MR) is 85.7 cm³/mol. The van der Waals surface area contributed by atoms with Gasteiger partial charge in [0.05, 0.1) is 24.2 Å². The number of nitrogens with zero attached hydrogens (tertiary/aromatic N) is 3. The molecule has 0 unspecified atom stereocenters. The van der Waals surface area contributed by atoms with Crippen molar-refractivity contribution in [3.8, 4) is 0 Å². The second kappa shape index (κ2) is 8.08. The van der Waals surface area contributed by atoms with Gasteiger partial charge in [0, 0.05) is 19.0 Å². The summed E-state index contributed by atoms with van der Waals surface area (Å²) in [7, 11) is 0. The fraction of sp³-hybridized carbons (Fsp3) is 0.688. The number of urea groups is 1. The van der Waals surface area contributed by atoms with Gasteiger partial charge in [0.25, 0.3) is 0 Å². The second-order valence-corrected chi connectivity index (χ2v) is 5.96. The van der Waals surface area contributed by atoms with Gasteiger partial charge in [-0.15, -0.1) is 0 Å². The monoisotopic (exact) mass is 306 g/mol. The second-order valence-electron chi connectivity index (χ2n) is 5.96. The molecule has 6 nitrogen and oxygen atoms in total. The number of hydrogen-bond acceptors (Lipinski definition) is 4. The minimum Gasteiger partial charge on any atom is -0.392 e. The lowest BCUT2D eigenvalue weighted by Crippen LogP contribution is -2.47. The average Bonchev–Trinajstić information content (AvgIpc) is 2.54. The maximum atomic E-state index is 12.6. The molecule has 1 aromatic rings. The highest BCUT2D eigenvalue weighted by Gasteiger charge is 2.26. The lowest BCUT2D eigenvalue weighted by Gasteiger charge is -2.35. The Balaban J connectivity index is 2.03. The molecule has 122 valence electrons. The summed E-state index contributed by atoms with van der Waals surface area (Å²) in [6.45, 7) is 4.05. The van der Waals surface area contributed by atoms with E-state index in [0.29, 0.717) is 12.2 Å². The number of aliphatic hydroxyl groups excluding tert-OH is 1. The van der Waals surface area contributed by atoms with Crippen LogP contribution in [0.25, 0.3) is 0 Å². The van der Waals surface area contributed by atoms with Gasteiger partial charge in [-0.25, -0.2) is 14.8 Å². The molecular weight excluding hydrogens is 280 g/mol. The molecule has 1 fully saturated rings. The Morgan fingerprint density at radius 2 is 2.00 bits per heavy atom. The fourth-order valence-corrected chi connectivity index (χ4v) is 2.87. The molecule has 6 heteroatoms. The molecule has 1 heterocycles. The van der Waals surface area contributed by atoms with Gasteiger partial charge in [-0.1, -0.05) is 26.2 Å². The van der Waals surface area contributed by atoms with Crippen molar-refractivity contribution in [1.29, 1.82) is 0 Å². The summed E-state index contributed by atoms with van der Waals surface area (Å²) in [5.74, 6) is 0.756. The van der Waals surface area contributed by atoms with Gasteiger partial charge >= 0.3 is 6.03 Å². The molecule has 22 heavy (non-hydrogen) atoms. The fourth-order valence-electron chi connectivity index (χ4n) is 2.87. The minimum absolute atomic E-state index is 0.180. The van der Waals surface area contributed by atoms with E-state index in [9.17, 15) is 9.90 Å². The zero-order valence-electron chi connectivity index (χ0n) is 13.5. The first-order valence-electron chi connectivity index (χ1n) is 8.16.